The van der Waals surface area contributed by atoms with Gasteiger partial charge in [0.1, 0.15) is 0 Å². The SMILES string of the molecule is Cc1cccc(Cc2csc(CO)c2)c1. The summed E-state index contributed by atoms with van der Waals surface area (Å²) >= 11 is 1.62. The maximum absolute atomic E-state index is 8.97. The normalized spacial score (nSPS) is 10.5. The van der Waals surface area contributed by atoms with Crippen LogP contribution in [0.2, 0.25) is 0 Å². The molecule has 78 valence electrons. The summed E-state index contributed by atoms with van der Waals surface area (Å²) in [6, 6.07) is 10.6. The number of aliphatic hydroxyl groups excluding tert-OH is 1. The first-order chi connectivity index (χ1) is 7.28. The molecule has 2 aromatic rings. The number of benzene rings is 1. The molecule has 0 aliphatic heterocycles. The summed E-state index contributed by atoms with van der Waals surface area (Å²) in [5.41, 5.74) is 3.91. The molecule has 1 N–H and O–H groups in total. The third-order valence-corrected chi connectivity index (χ3v) is 3.32. The van der Waals surface area contributed by atoms with E-state index in [4.69, 9.17) is 5.11 Å². The van der Waals surface area contributed by atoms with Crippen LogP contribution in [0.3, 0.4) is 0 Å². The molecule has 15 heavy (non-hydrogen) atoms. The molecular weight excluding hydrogens is 204 g/mol. The first-order valence-electron chi connectivity index (χ1n) is 5.00. The Morgan fingerprint density at radius 2 is 2.07 bits per heavy atom. The Kier molecular flexibility index (Phi) is 3.19. The lowest BCUT2D eigenvalue weighted by atomic mass is 10.1. The van der Waals surface area contributed by atoms with Gasteiger partial charge in [-0.2, -0.15) is 0 Å². The van der Waals surface area contributed by atoms with E-state index in [9.17, 15) is 0 Å². The van der Waals surface area contributed by atoms with Gasteiger partial charge in [0.2, 0.25) is 0 Å². The van der Waals surface area contributed by atoms with Gasteiger partial charge in [0, 0.05) is 4.88 Å². The van der Waals surface area contributed by atoms with Crippen molar-refractivity contribution in [3.05, 3.63) is 57.3 Å². The average molecular weight is 218 g/mol. The fourth-order valence-electron chi connectivity index (χ4n) is 1.66. The van der Waals surface area contributed by atoms with Crippen molar-refractivity contribution in [2.45, 2.75) is 20.0 Å². The van der Waals surface area contributed by atoms with E-state index in [1.54, 1.807) is 11.3 Å². The lowest BCUT2D eigenvalue weighted by molar-refractivity contribution is 0.285. The Balaban J connectivity index is 2.14. The molecule has 0 fully saturated rings. The molecule has 0 saturated heterocycles. The van der Waals surface area contributed by atoms with Crippen LogP contribution in [-0.2, 0) is 13.0 Å². The molecule has 2 rings (SSSR count). The Morgan fingerprint density at radius 1 is 1.20 bits per heavy atom. The fraction of sp³-hybridized carbons (Fsp3) is 0.231. The summed E-state index contributed by atoms with van der Waals surface area (Å²) < 4.78 is 0. The van der Waals surface area contributed by atoms with Crippen molar-refractivity contribution in [2.24, 2.45) is 0 Å². The monoisotopic (exact) mass is 218 g/mol. The highest BCUT2D eigenvalue weighted by molar-refractivity contribution is 7.10. The van der Waals surface area contributed by atoms with Gasteiger partial charge >= 0.3 is 0 Å². The van der Waals surface area contributed by atoms with Crippen molar-refractivity contribution >= 4 is 11.3 Å². The Morgan fingerprint density at radius 3 is 2.73 bits per heavy atom. The summed E-state index contributed by atoms with van der Waals surface area (Å²) in [4.78, 5) is 1.04. The third-order valence-electron chi connectivity index (χ3n) is 2.35. The van der Waals surface area contributed by atoms with Crippen molar-refractivity contribution < 1.29 is 5.11 Å². The molecule has 0 saturated carbocycles. The van der Waals surface area contributed by atoms with Gasteiger partial charge in [-0.1, -0.05) is 29.8 Å². The van der Waals surface area contributed by atoms with E-state index in [0.717, 1.165) is 11.3 Å². The number of aliphatic hydroxyl groups is 1. The van der Waals surface area contributed by atoms with Gasteiger partial charge < -0.3 is 5.11 Å². The first-order valence-corrected chi connectivity index (χ1v) is 5.88. The van der Waals surface area contributed by atoms with E-state index in [2.05, 4.69) is 42.6 Å². The van der Waals surface area contributed by atoms with Gasteiger partial charge in [0.05, 0.1) is 6.61 Å². The predicted molar refractivity (Wildman–Crippen MR) is 64.2 cm³/mol. The molecule has 1 nitrogen and oxygen atoms in total. The van der Waals surface area contributed by atoms with Crippen molar-refractivity contribution in [1.82, 2.24) is 0 Å². The molecular formula is C13H14OS. The molecule has 2 heteroatoms. The second-order valence-electron chi connectivity index (χ2n) is 3.75. The lowest BCUT2D eigenvalue weighted by Crippen LogP contribution is -1.86. The minimum Gasteiger partial charge on any atom is -0.391 e. The quantitative estimate of drug-likeness (QED) is 0.839. The van der Waals surface area contributed by atoms with Crippen molar-refractivity contribution in [2.75, 3.05) is 0 Å². The van der Waals surface area contributed by atoms with Crippen LogP contribution >= 0.6 is 11.3 Å². The Hall–Kier alpha value is -1.12. The zero-order chi connectivity index (χ0) is 10.7. The van der Waals surface area contributed by atoms with Crippen LogP contribution in [-0.4, -0.2) is 5.11 Å². The highest BCUT2D eigenvalue weighted by Gasteiger charge is 2.00. The Labute approximate surface area is 94.0 Å². The van der Waals surface area contributed by atoms with Gasteiger partial charge in [-0.3, -0.25) is 0 Å². The van der Waals surface area contributed by atoms with Gasteiger partial charge in [-0.25, -0.2) is 0 Å². The van der Waals surface area contributed by atoms with Crippen LogP contribution in [0.5, 0.6) is 0 Å². The van der Waals surface area contributed by atoms with Gasteiger partial charge in [0.25, 0.3) is 0 Å². The Bertz CT molecular complexity index is 445. The van der Waals surface area contributed by atoms with E-state index < -0.39 is 0 Å². The van der Waals surface area contributed by atoms with E-state index in [1.807, 2.05) is 0 Å². The smallest absolute Gasteiger partial charge is 0.0774 e. The molecule has 1 aromatic carbocycles. The zero-order valence-corrected chi connectivity index (χ0v) is 9.55. The number of thiophene rings is 1. The van der Waals surface area contributed by atoms with Crippen LogP contribution < -0.4 is 0 Å². The van der Waals surface area contributed by atoms with E-state index in [1.165, 1.54) is 16.7 Å². The molecule has 0 radical (unpaired) electrons. The molecule has 0 amide bonds. The minimum absolute atomic E-state index is 0.151. The molecule has 1 heterocycles. The van der Waals surface area contributed by atoms with Gasteiger partial charge in [0.15, 0.2) is 0 Å². The molecule has 0 unspecified atom stereocenters. The minimum atomic E-state index is 0.151. The van der Waals surface area contributed by atoms with Crippen molar-refractivity contribution in [3.63, 3.8) is 0 Å². The van der Waals surface area contributed by atoms with E-state index >= 15 is 0 Å². The van der Waals surface area contributed by atoms with Crippen LogP contribution in [0.15, 0.2) is 35.7 Å². The predicted octanol–water partition coefficient (Wildman–Crippen LogP) is 3.14. The molecule has 0 spiro atoms. The van der Waals surface area contributed by atoms with Crippen LogP contribution in [0, 0.1) is 6.92 Å². The summed E-state index contributed by atoms with van der Waals surface area (Å²) in [5.74, 6) is 0. The first kappa shape index (κ1) is 10.4. The summed E-state index contributed by atoms with van der Waals surface area (Å²) in [5, 5.41) is 11.1. The maximum atomic E-state index is 8.97. The standard InChI is InChI=1S/C13H14OS/c1-10-3-2-4-11(5-10)6-12-7-13(8-14)15-9-12/h2-5,7,9,14H,6,8H2,1H3. The number of hydrogen-bond donors (Lipinski definition) is 1. The summed E-state index contributed by atoms with van der Waals surface area (Å²) in [6.07, 6.45) is 0.957. The largest absolute Gasteiger partial charge is 0.391 e. The highest BCUT2D eigenvalue weighted by atomic mass is 32.1. The molecule has 0 aliphatic rings. The number of hydrogen-bond acceptors (Lipinski definition) is 2. The number of rotatable bonds is 3. The zero-order valence-electron chi connectivity index (χ0n) is 8.73. The van der Waals surface area contributed by atoms with Gasteiger partial charge in [-0.15, -0.1) is 11.3 Å². The lowest BCUT2D eigenvalue weighted by Gasteiger charge is -2.00. The second-order valence-corrected chi connectivity index (χ2v) is 4.74. The third kappa shape index (κ3) is 2.67. The molecule has 0 aliphatic carbocycles. The highest BCUT2D eigenvalue weighted by Crippen LogP contribution is 2.18. The topological polar surface area (TPSA) is 20.2 Å². The van der Waals surface area contributed by atoms with Crippen molar-refractivity contribution in [1.29, 1.82) is 0 Å². The number of aryl methyl sites for hydroxylation is 1. The van der Waals surface area contributed by atoms with Crippen LogP contribution in [0.1, 0.15) is 21.6 Å². The summed E-state index contributed by atoms with van der Waals surface area (Å²) in [7, 11) is 0. The van der Waals surface area contributed by atoms with Crippen LogP contribution in [0.25, 0.3) is 0 Å². The van der Waals surface area contributed by atoms with E-state index in [0.29, 0.717) is 0 Å². The van der Waals surface area contributed by atoms with E-state index in [-0.39, 0.29) is 6.61 Å². The maximum Gasteiger partial charge on any atom is 0.0774 e. The van der Waals surface area contributed by atoms with Gasteiger partial charge in [-0.05, 0) is 35.9 Å². The molecule has 0 atom stereocenters. The molecule has 0 bridgehead atoms. The second kappa shape index (κ2) is 4.60. The molecule has 1 aromatic heterocycles. The van der Waals surface area contributed by atoms with Crippen LogP contribution in [0.4, 0.5) is 0 Å². The van der Waals surface area contributed by atoms with Crippen molar-refractivity contribution in [3.8, 4) is 0 Å². The summed E-state index contributed by atoms with van der Waals surface area (Å²) in [6.45, 7) is 2.26. The fourth-order valence-corrected chi connectivity index (χ4v) is 2.41. The average Bonchev–Trinajstić information content (AvgIpc) is 2.65.